The molecule has 1 aromatic carbocycles. The maximum Gasteiger partial charge on any atom is 0.177 e. The molecule has 0 amide bonds. The summed E-state index contributed by atoms with van der Waals surface area (Å²) in [4.78, 5) is 0. The van der Waals surface area contributed by atoms with Gasteiger partial charge in [-0.15, -0.1) is 0 Å². The predicted octanol–water partition coefficient (Wildman–Crippen LogP) is 1.91. The molecule has 1 unspecified atom stereocenters. The number of nitrogens with zero attached hydrogens (tertiary/aromatic N) is 1. The van der Waals surface area contributed by atoms with Crippen molar-refractivity contribution in [3.05, 3.63) is 23.8 Å². The molecule has 2 N–H and O–H groups in total. The molecular formula is C12H15N3O. The molecule has 1 aromatic heterocycles. The lowest BCUT2D eigenvalue weighted by Gasteiger charge is -2.09. The molecule has 84 valence electrons. The van der Waals surface area contributed by atoms with Crippen LogP contribution in [0.1, 0.15) is 12.0 Å². The van der Waals surface area contributed by atoms with E-state index in [-0.39, 0.29) is 0 Å². The lowest BCUT2D eigenvalue weighted by atomic mass is 10.1. The monoisotopic (exact) mass is 217 g/mol. The molecule has 2 heterocycles. The molecule has 0 saturated carbocycles. The molecule has 0 bridgehead atoms. The third-order valence-corrected chi connectivity index (χ3v) is 3.03. The number of rotatable bonds is 2. The molecule has 3 rings (SSSR count). The molecule has 4 heteroatoms. The number of nitrogens with one attached hydrogen (secondary N) is 2. The summed E-state index contributed by atoms with van der Waals surface area (Å²) < 4.78 is 5.28. The maximum absolute atomic E-state index is 5.28. The van der Waals surface area contributed by atoms with Crippen LogP contribution in [0.3, 0.4) is 0 Å². The number of fused-ring (bicyclic) bond motifs is 1. The van der Waals surface area contributed by atoms with Crippen LogP contribution in [-0.4, -0.2) is 24.3 Å². The quantitative estimate of drug-likeness (QED) is 0.806. The second kappa shape index (κ2) is 3.79. The Morgan fingerprint density at radius 1 is 1.50 bits per heavy atom. The van der Waals surface area contributed by atoms with Crippen molar-refractivity contribution < 1.29 is 4.52 Å². The summed E-state index contributed by atoms with van der Waals surface area (Å²) in [5.74, 6) is 0.868. The second-order valence-corrected chi connectivity index (χ2v) is 4.36. The molecule has 16 heavy (non-hydrogen) atoms. The first kappa shape index (κ1) is 9.66. The van der Waals surface area contributed by atoms with Crippen LogP contribution in [0.4, 0.5) is 5.82 Å². The molecular weight excluding hydrogens is 202 g/mol. The Balaban J connectivity index is 1.93. The Morgan fingerprint density at radius 3 is 3.25 bits per heavy atom. The van der Waals surface area contributed by atoms with Gasteiger partial charge in [0, 0.05) is 12.6 Å². The lowest BCUT2D eigenvalue weighted by molar-refractivity contribution is 0.458. The van der Waals surface area contributed by atoms with E-state index in [0.29, 0.717) is 6.04 Å². The summed E-state index contributed by atoms with van der Waals surface area (Å²) in [7, 11) is 0. The van der Waals surface area contributed by atoms with Gasteiger partial charge in [0.1, 0.15) is 0 Å². The molecule has 4 nitrogen and oxygen atoms in total. The summed E-state index contributed by atoms with van der Waals surface area (Å²) in [5.41, 5.74) is 2.07. The Hall–Kier alpha value is -1.55. The molecule has 1 fully saturated rings. The lowest BCUT2D eigenvalue weighted by Crippen LogP contribution is -2.22. The average Bonchev–Trinajstić information content (AvgIpc) is 2.90. The van der Waals surface area contributed by atoms with E-state index in [1.165, 1.54) is 5.56 Å². The molecule has 1 atom stereocenters. The summed E-state index contributed by atoms with van der Waals surface area (Å²) in [6, 6.07) is 6.58. The molecule has 1 aliphatic rings. The van der Waals surface area contributed by atoms with E-state index in [1.807, 2.05) is 12.1 Å². The number of aryl methyl sites for hydroxylation is 1. The van der Waals surface area contributed by atoms with Crippen LogP contribution in [0, 0.1) is 6.92 Å². The minimum absolute atomic E-state index is 0.466. The smallest absolute Gasteiger partial charge is 0.177 e. The van der Waals surface area contributed by atoms with Gasteiger partial charge >= 0.3 is 0 Å². The van der Waals surface area contributed by atoms with E-state index < -0.39 is 0 Å². The normalized spacial score (nSPS) is 20.4. The van der Waals surface area contributed by atoms with Gasteiger partial charge in [-0.2, -0.15) is 0 Å². The zero-order valence-electron chi connectivity index (χ0n) is 9.29. The summed E-state index contributed by atoms with van der Waals surface area (Å²) in [6.07, 6.45) is 1.14. The van der Waals surface area contributed by atoms with Gasteiger partial charge in [0.05, 0.1) is 5.39 Å². The standard InChI is InChI=1S/C12H15N3O/c1-8-2-3-11-10(6-8)12(15-16-11)14-9-4-5-13-7-9/h2-3,6,9,13H,4-5,7H2,1H3,(H,14,15). The van der Waals surface area contributed by atoms with E-state index in [4.69, 9.17) is 4.52 Å². The van der Waals surface area contributed by atoms with E-state index in [2.05, 4.69) is 28.8 Å². The fraction of sp³-hybridized carbons (Fsp3) is 0.417. The van der Waals surface area contributed by atoms with Gasteiger partial charge < -0.3 is 15.2 Å². The van der Waals surface area contributed by atoms with Crippen LogP contribution in [0.25, 0.3) is 11.0 Å². The zero-order valence-corrected chi connectivity index (χ0v) is 9.29. The molecule has 0 aliphatic carbocycles. The van der Waals surface area contributed by atoms with Gasteiger partial charge in [0.25, 0.3) is 0 Å². The Morgan fingerprint density at radius 2 is 2.44 bits per heavy atom. The number of hydrogen-bond acceptors (Lipinski definition) is 4. The van der Waals surface area contributed by atoms with Crippen molar-refractivity contribution in [2.75, 3.05) is 18.4 Å². The van der Waals surface area contributed by atoms with Crippen LogP contribution in [-0.2, 0) is 0 Å². The average molecular weight is 217 g/mol. The molecule has 0 radical (unpaired) electrons. The fourth-order valence-corrected chi connectivity index (χ4v) is 2.13. The number of anilines is 1. The van der Waals surface area contributed by atoms with Crippen molar-refractivity contribution in [1.29, 1.82) is 0 Å². The van der Waals surface area contributed by atoms with E-state index in [9.17, 15) is 0 Å². The van der Waals surface area contributed by atoms with Gasteiger partial charge in [-0.3, -0.25) is 0 Å². The Labute approximate surface area is 94.0 Å². The topological polar surface area (TPSA) is 50.1 Å². The summed E-state index contributed by atoms with van der Waals surface area (Å²) in [5, 5.41) is 11.9. The van der Waals surface area contributed by atoms with E-state index >= 15 is 0 Å². The highest BCUT2D eigenvalue weighted by Crippen LogP contribution is 2.24. The van der Waals surface area contributed by atoms with Crippen molar-refractivity contribution in [2.45, 2.75) is 19.4 Å². The van der Waals surface area contributed by atoms with Crippen molar-refractivity contribution in [1.82, 2.24) is 10.5 Å². The minimum atomic E-state index is 0.466. The van der Waals surface area contributed by atoms with Crippen molar-refractivity contribution in [2.24, 2.45) is 0 Å². The van der Waals surface area contributed by atoms with Gasteiger partial charge in [-0.1, -0.05) is 16.8 Å². The van der Waals surface area contributed by atoms with Gasteiger partial charge in [-0.05, 0) is 32.0 Å². The summed E-state index contributed by atoms with van der Waals surface area (Å²) in [6.45, 7) is 4.15. The Kier molecular flexibility index (Phi) is 2.29. The summed E-state index contributed by atoms with van der Waals surface area (Å²) >= 11 is 0. The SMILES string of the molecule is Cc1ccc2onc(NC3CCNC3)c2c1. The second-order valence-electron chi connectivity index (χ2n) is 4.36. The van der Waals surface area contributed by atoms with Crippen molar-refractivity contribution >= 4 is 16.8 Å². The van der Waals surface area contributed by atoms with Crippen molar-refractivity contribution in [3.8, 4) is 0 Å². The fourth-order valence-electron chi connectivity index (χ4n) is 2.13. The Bertz CT molecular complexity index is 500. The third-order valence-electron chi connectivity index (χ3n) is 3.03. The molecule has 1 aliphatic heterocycles. The number of hydrogen-bond donors (Lipinski definition) is 2. The predicted molar refractivity (Wildman–Crippen MR) is 63.6 cm³/mol. The van der Waals surface area contributed by atoms with Crippen LogP contribution >= 0.6 is 0 Å². The highest BCUT2D eigenvalue weighted by molar-refractivity contribution is 5.88. The highest BCUT2D eigenvalue weighted by atomic mass is 16.5. The van der Waals surface area contributed by atoms with Crippen molar-refractivity contribution in [3.63, 3.8) is 0 Å². The van der Waals surface area contributed by atoms with E-state index in [0.717, 1.165) is 36.3 Å². The van der Waals surface area contributed by atoms with Gasteiger partial charge in [-0.25, -0.2) is 0 Å². The van der Waals surface area contributed by atoms with Gasteiger partial charge in [0.15, 0.2) is 11.4 Å². The highest BCUT2D eigenvalue weighted by Gasteiger charge is 2.17. The first-order chi connectivity index (χ1) is 7.83. The third kappa shape index (κ3) is 1.65. The zero-order chi connectivity index (χ0) is 11.0. The number of aromatic nitrogens is 1. The molecule has 1 saturated heterocycles. The molecule has 0 spiro atoms. The van der Waals surface area contributed by atoms with Crippen LogP contribution in [0.2, 0.25) is 0 Å². The first-order valence-corrected chi connectivity index (χ1v) is 5.66. The minimum Gasteiger partial charge on any atom is -0.363 e. The van der Waals surface area contributed by atoms with Crippen LogP contribution < -0.4 is 10.6 Å². The van der Waals surface area contributed by atoms with Gasteiger partial charge in [0.2, 0.25) is 0 Å². The van der Waals surface area contributed by atoms with E-state index in [1.54, 1.807) is 0 Å². The maximum atomic E-state index is 5.28. The largest absolute Gasteiger partial charge is 0.363 e. The number of benzene rings is 1. The van der Waals surface area contributed by atoms with Crippen LogP contribution in [0.5, 0.6) is 0 Å². The first-order valence-electron chi connectivity index (χ1n) is 5.66. The molecule has 2 aromatic rings. The van der Waals surface area contributed by atoms with Crippen LogP contribution in [0.15, 0.2) is 22.7 Å².